The van der Waals surface area contributed by atoms with Crippen LogP contribution in [0.3, 0.4) is 0 Å². The van der Waals surface area contributed by atoms with Crippen molar-refractivity contribution < 1.29 is 122 Å². The van der Waals surface area contributed by atoms with E-state index in [1.807, 2.05) is 13.8 Å². The number of unbranched alkanes of at least 4 members (excludes halogenated alkanes) is 8. The predicted octanol–water partition coefficient (Wildman–Crippen LogP) is -1.82. The normalized spacial score (nSPS) is 13.8. The monoisotopic (exact) mass is 398 g/mol. The summed E-state index contributed by atoms with van der Waals surface area (Å²) in [5, 5.41) is 0. The average Bonchev–Trinajstić information content (AvgIpc) is 2.42. The van der Waals surface area contributed by atoms with Gasteiger partial charge in [0.05, 0.1) is 13.9 Å². The maximum Gasteiger partial charge on any atom is 1.00 e. The predicted molar refractivity (Wildman–Crippen MR) is 83.8 cm³/mol. The Morgan fingerprint density at radius 2 is 1.30 bits per heavy atom. The van der Waals surface area contributed by atoms with Crippen LogP contribution in [0, 0.1) is 5.92 Å². The molecule has 0 rings (SSSR count). The fourth-order valence-electron chi connectivity index (χ4n) is 2.53. The number of phosphoric ester groups is 1. The van der Waals surface area contributed by atoms with Crippen LogP contribution in [-0.2, 0) is 9.09 Å². The van der Waals surface area contributed by atoms with Gasteiger partial charge in [0.1, 0.15) is 0 Å². The number of phosphoric acid groups is 1. The van der Waals surface area contributed by atoms with E-state index in [-0.39, 0.29) is 109 Å². The molecule has 7 heteroatoms. The van der Waals surface area contributed by atoms with E-state index in [0.717, 1.165) is 19.3 Å². The number of rotatable bonds is 14. The Morgan fingerprint density at radius 1 is 0.870 bits per heavy atom. The summed E-state index contributed by atoms with van der Waals surface area (Å²) in [7, 11) is -4.87. The van der Waals surface area contributed by atoms with Gasteiger partial charge in [-0.15, -0.1) is 0 Å². The summed E-state index contributed by atoms with van der Waals surface area (Å²) in [5.74, 6) is 0.107. The minimum absolute atomic E-state index is 0. The molecule has 0 amide bonds. The minimum atomic E-state index is -4.87. The molecule has 0 saturated heterocycles. The van der Waals surface area contributed by atoms with Gasteiger partial charge in [-0.3, -0.25) is 0 Å². The Labute approximate surface area is 228 Å². The van der Waals surface area contributed by atoms with Crippen molar-refractivity contribution in [3.05, 3.63) is 0 Å². The third-order valence-corrected chi connectivity index (χ3v) is 4.66. The first kappa shape index (κ1) is 31.1. The van der Waals surface area contributed by atoms with Crippen LogP contribution >= 0.6 is 7.82 Å². The molecule has 0 aliphatic carbocycles. The molecule has 0 aromatic carbocycles. The minimum Gasteiger partial charge on any atom is -0.790 e. The smallest absolute Gasteiger partial charge is 0.790 e. The molecule has 2 unspecified atom stereocenters. The van der Waals surface area contributed by atoms with E-state index in [1.54, 1.807) is 0 Å². The van der Waals surface area contributed by atoms with Crippen LogP contribution in [0.5, 0.6) is 0 Å². The third-order valence-electron chi connectivity index (χ3n) is 4.14. The van der Waals surface area contributed by atoms with Gasteiger partial charge in [0.2, 0.25) is 0 Å². The van der Waals surface area contributed by atoms with E-state index in [1.165, 1.54) is 44.9 Å². The second-order valence-electron chi connectivity index (χ2n) is 6.09. The molecule has 23 heavy (non-hydrogen) atoms. The van der Waals surface area contributed by atoms with Gasteiger partial charge < -0.3 is 18.9 Å². The summed E-state index contributed by atoms with van der Waals surface area (Å²) >= 11 is 0. The molecular formula is C16H33K2O4P. The Morgan fingerprint density at radius 3 is 1.70 bits per heavy atom. The van der Waals surface area contributed by atoms with Crippen molar-refractivity contribution in [2.45, 2.75) is 97.5 Å². The molecule has 0 saturated carbocycles. The second kappa shape index (κ2) is 20.1. The van der Waals surface area contributed by atoms with Crippen LogP contribution in [0.25, 0.3) is 0 Å². The Balaban J connectivity index is -0.00000200. The van der Waals surface area contributed by atoms with Crippen LogP contribution in [0.15, 0.2) is 0 Å². The summed E-state index contributed by atoms with van der Waals surface area (Å²) in [4.78, 5) is 21.5. The first-order chi connectivity index (χ1) is 9.90. The molecule has 0 aromatic heterocycles. The van der Waals surface area contributed by atoms with Crippen molar-refractivity contribution in [1.82, 2.24) is 0 Å². The quantitative estimate of drug-likeness (QED) is 0.196. The van der Waals surface area contributed by atoms with E-state index < -0.39 is 13.9 Å². The molecule has 0 radical (unpaired) electrons. The molecule has 0 heterocycles. The summed E-state index contributed by atoms with van der Waals surface area (Å²) in [6.45, 7) is 6.14. The molecule has 0 aromatic rings. The molecule has 4 nitrogen and oxygen atoms in total. The third kappa shape index (κ3) is 21.5. The number of hydrogen-bond donors (Lipinski definition) is 0. The van der Waals surface area contributed by atoms with E-state index in [2.05, 4.69) is 6.92 Å². The van der Waals surface area contributed by atoms with Crippen molar-refractivity contribution in [1.29, 1.82) is 0 Å². The molecule has 0 N–H and O–H groups in total. The fourth-order valence-corrected chi connectivity index (χ4v) is 3.17. The topological polar surface area (TPSA) is 72.4 Å². The number of hydrogen-bond acceptors (Lipinski definition) is 4. The van der Waals surface area contributed by atoms with Crippen LogP contribution < -0.4 is 113 Å². The summed E-state index contributed by atoms with van der Waals surface area (Å²) in [5.41, 5.74) is 0. The van der Waals surface area contributed by atoms with E-state index >= 15 is 0 Å². The second-order valence-corrected chi connectivity index (χ2v) is 7.20. The van der Waals surface area contributed by atoms with Crippen LogP contribution in [0.1, 0.15) is 91.4 Å². The van der Waals surface area contributed by atoms with Gasteiger partial charge in [-0.05, 0) is 12.3 Å². The van der Waals surface area contributed by atoms with Gasteiger partial charge in [0.25, 0.3) is 0 Å². The van der Waals surface area contributed by atoms with Crippen molar-refractivity contribution >= 4 is 7.82 Å². The molecule has 128 valence electrons. The van der Waals surface area contributed by atoms with Gasteiger partial charge >= 0.3 is 103 Å². The van der Waals surface area contributed by atoms with E-state index in [4.69, 9.17) is 4.52 Å². The molecule has 2 atom stereocenters. The Bertz CT molecular complexity index is 287. The van der Waals surface area contributed by atoms with Crippen LogP contribution in [0.2, 0.25) is 0 Å². The van der Waals surface area contributed by atoms with Gasteiger partial charge in [-0.2, -0.15) is 0 Å². The Hall–Kier alpha value is 3.38. The standard InChI is InChI=1S/C16H35O4P.2K/c1-4-6-7-8-9-10-11-12-13-14-16(15(3)5-2)20-21(17,18)19;;/h15-16H,4-14H2,1-3H3,(H2,17,18,19);;/q;2*+1/p-2. The van der Waals surface area contributed by atoms with Gasteiger partial charge in [0, 0.05) is 0 Å². The van der Waals surface area contributed by atoms with Gasteiger partial charge in [-0.25, -0.2) is 0 Å². The molecule has 0 spiro atoms. The van der Waals surface area contributed by atoms with Crippen molar-refractivity contribution in [2.24, 2.45) is 5.92 Å². The molecule has 0 aliphatic heterocycles. The maximum absolute atomic E-state index is 10.8. The van der Waals surface area contributed by atoms with Crippen LogP contribution in [-0.4, -0.2) is 6.10 Å². The Kier molecular flexibility index (Phi) is 27.2. The molecular weight excluding hydrogens is 365 g/mol. The molecule has 0 bridgehead atoms. The zero-order valence-corrected chi connectivity index (χ0v) is 23.2. The maximum atomic E-state index is 10.8. The van der Waals surface area contributed by atoms with Gasteiger partial charge in [0.15, 0.2) is 0 Å². The van der Waals surface area contributed by atoms with Gasteiger partial charge in [-0.1, -0.05) is 85.0 Å². The van der Waals surface area contributed by atoms with Crippen molar-refractivity contribution in [3.8, 4) is 0 Å². The van der Waals surface area contributed by atoms with E-state index in [0.29, 0.717) is 6.42 Å². The summed E-state index contributed by atoms with van der Waals surface area (Å²) < 4.78 is 15.5. The SMILES string of the molecule is CCCCCCCCCCCC(OP(=O)([O-])[O-])C(C)CC.[K+].[K+]. The molecule has 0 fully saturated rings. The first-order valence-corrected chi connectivity index (χ1v) is 10.1. The average molecular weight is 399 g/mol. The summed E-state index contributed by atoms with van der Waals surface area (Å²) in [6.07, 6.45) is 12.1. The van der Waals surface area contributed by atoms with Crippen LogP contribution in [0.4, 0.5) is 0 Å². The summed E-state index contributed by atoms with van der Waals surface area (Å²) in [6, 6.07) is 0. The molecule has 0 aliphatic rings. The zero-order valence-electron chi connectivity index (χ0n) is 16.0. The van der Waals surface area contributed by atoms with Crippen molar-refractivity contribution in [2.75, 3.05) is 0 Å². The van der Waals surface area contributed by atoms with E-state index in [9.17, 15) is 14.4 Å². The largest absolute Gasteiger partial charge is 1.00 e. The fraction of sp³-hybridized carbons (Fsp3) is 1.00. The first-order valence-electron chi connectivity index (χ1n) is 8.61. The van der Waals surface area contributed by atoms with Crippen molar-refractivity contribution in [3.63, 3.8) is 0 Å². The zero-order chi connectivity index (χ0) is 16.1.